The SMILES string of the molecule is Cc1cc(Nc2ncnc3cnc(N4CCC(NC(=O)N5CCOCC5)C4)nc23)ccc1F. The normalized spacial score (nSPS) is 18.5. The van der Waals surface area contributed by atoms with E-state index in [-0.39, 0.29) is 17.9 Å². The standard InChI is InChI=1S/C22H25FN8O2/c1-14-10-15(2-3-17(14)23)27-20-19-18(25-13-26-20)11-24-21(29-19)31-5-4-16(12-31)28-22(32)30-6-8-33-9-7-30/h2-3,10-11,13,16H,4-9,12H2,1H3,(H,28,32)(H,25,26,27). The van der Waals surface area contributed by atoms with Crippen molar-refractivity contribution in [2.75, 3.05) is 49.6 Å². The first-order chi connectivity index (χ1) is 16.1. The van der Waals surface area contributed by atoms with Crippen molar-refractivity contribution in [3.05, 3.63) is 42.1 Å². The summed E-state index contributed by atoms with van der Waals surface area (Å²) in [5.74, 6) is 0.812. The number of rotatable bonds is 4. The third-order valence-corrected chi connectivity index (χ3v) is 5.88. The van der Waals surface area contributed by atoms with Crippen molar-refractivity contribution in [1.82, 2.24) is 30.2 Å². The number of carbonyl (C=O) groups excluding carboxylic acids is 1. The Labute approximate surface area is 190 Å². The lowest BCUT2D eigenvalue weighted by Crippen LogP contribution is -2.49. The van der Waals surface area contributed by atoms with E-state index in [0.29, 0.717) is 66.9 Å². The highest BCUT2D eigenvalue weighted by Crippen LogP contribution is 2.25. The van der Waals surface area contributed by atoms with Crippen LogP contribution in [0, 0.1) is 12.7 Å². The molecule has 1 unspecified atom stereocenters. The summed E-state index contributed by atoms with van der Waals surface area (Å²) in [6.07, 6.45) is 3.92. The molecule has 10 nitrogen and oxygen atoms in total. The molecule has 0 spiro atoms. The van der Waals surface area contributed by atoms with E-state index in [1.165, 1.54) is 12.4 Å². The first-order valence-corrected chi connectivity index (χ1v) is 11.0. The van der Waals surface area contributed by atoms with Gasteiger partial charge in [-0.3, -0.25) is 0 Å². The molecule has 2 aliphatic heterocycles. The number of halogens is 1. The molecule has 1 aromatic carbocycles. The number of carbonyl (C=O) groups is 1. The third-order valence-electron chi connectivity index (χ3n) is 5.88. The van der Waals surface area contributed by atoms with E-state index in [1.54, 1.807) is 30.2 Å². The van der Waals surface area contributed by atoms with Crippen LogP contribution in [0.5, 0.6) is 0 Å². The van der Waals surface area contributed by atoms with Crippen LogP contribution in [-0.2, 0) is 4.74 Å². The summed E-state index contributed by atoms with van der Waals surface area (Å²) in [7, 11) is 0. The van der Waals surface area contributed by atoms with Crippen LogP contribution in [0.15, 0.2) is 30.7 Å². The number of nitrogens with one attached hydrogen (secondary N) is 2. The lowest BCUT2D eigenvalue weighted by Gasteiger charge is -2.28. The van der Waals surface area contributed by atoms with Gasteiger partial charge in [0, 0.05) is 37.9 Å². The van der Waals surface area contributed by atoms with Gasteiger partial charge in [-0.05, 0) is 37.1 Å². The summed E-state index contributed by atoms with van der Waals surface area (Å²) in [6.45, 7) is 5.43. The topological polar surface area (TPSA) is 108 Å². The van der Waals surface area contributed by atoms with Gasteiger partial charge in [0.1, 0.15) is 23.2 Å². The molecule has 1 atom stereocenters. The number of urea groups is 1. The number of nitrogens with zero attached hydrogens (tertiary/aromatic N) is 6. The fraction of sp³-hybridized carbons (Fsp3) is 0.409. The van der Waals surface area contributed by atoms with E-state index in [1.807, 2.05) is 4.90 Å². The molecule has 172 valence electrons. The highest BCUT2D eigenvalue weighted by molar-refractivity contribution is 5.87. The molecule has 0 bridgehead atoms. The van der Waals surface area contributed by atoms with Crippen molar-refractivity contribution in [3.63, 3.8) is 0 Å². The number of benzene rings is 1. The second kappa shape index (κ2) is 9.10. The first kappa shape index (κ1) is 21.3. The monoisotopic (exact) mass is 452 g/mol. The summed E-state index contributed by atoms with van der Waals surface area (Å²) in [6, 6.07) is 4.75. The number of morpholine rings is 1. The van der Waals surface area contributed by atoms with Crippen LogP contribution in [0.3, 0.4) is 0 Å². The predicted octanol–water partition coefficient (Wildman–Crippen LogP) is 2.23. The number of anilines is 3. The van der Waals surface area contributed by atoms with E-state index < -0.39 is 0 Å². The minimum Gasteiger partial charge on any atom is -0.378 e. The summed E-state index contributed by atoms with van der Waals surface area (Å²) in [4.78, 5) is 34.1. The summed E-state index contributed by atoms with van der Waals surface area (Å²) < 4.78 is 18.9. The zero-order valence-corrected chi connectivity index (χ0v) is 18.3. The molecular weight excluding hydrogens is 427 g/mol. The maximum absolute atomic E-state index is 13.6. The van der Waals surface area contributed by atoms with Crippen molar-refractivity contribution in [1.29, 1.82) is 0 Å². The average Bonchev–Trinajstić information content (AvgIpc) is 3.30. The lowest BCUT2D eigenvalue weighted by molar-refractivity contribution is 0.0526. The minimum absolute atomic E-state index is 0.0199. The molecule has 3 aromatic rings. The van der Waals surface area contributed by atoms with E-state index in [9.17, 15) is 9.18 Å². The second-order valence-electron chi connectivity index (χ2n) is 8.20. The Balaban J connectivity index is 1.31. The summed E-state index contributed by atoms with van der Waals surface area (Å²) in [5.41, 5.74) is 2.42. The Bertz CT molecular complexity index is 1170. The third kappa shape index (κ3) is 4.63. The van der Waals surface area contributed by atoms with Crippen LogP contribution in [0.1, 0.15) is 12.0 Å². The number of aryl methyl sites for hydroxylation is 1. The van der Waals surface area contributed by atoms with Crippen LogP contribution >= 0.6 is 0 Å². The van der Waals surface area contributed by atoms with Gasteiger partial charge in [-0.1, -0.05) is 0 Å². The highest BCUT2D eigenvalue weighted by atomic mass is 19.1. The van der Waals surface area contributed by atoms with Crippen molar-refractivity contribution < 1.29 is 13.9 Å². The second-order valence-corrected chi connectivity index (χ2v) is 8.20. The molecule has 2 saturated heterocycles. The Hall–Kier alpha value is -3.60. The van der Waals surface area contributed by atoms with Crippen LogP contribution in [0.4, 0.5) is 26.6 Å². The molecule has 2 amide bonds. The molecule has 0 saturated carbocycles. The minimum atomic E-state index is -0.262. The van der Waals surface area contributed by atoms with Gasteiger partial charge in [-0.25, -0.2) is 29.1 Å². The van der Waals surface area contributed by atoms with Gasteiger partial charge < -0.3 is 25.2 Å². The maximum Gasteiger partial charge on any atom is 0.317 e. The number of amides is 2. The largest absolute Gasteiger partial charge is 0.378 e. The van der Waals surface area contributed by atoms with E-state index in [0.717, 1.165) is 13.0 Å². The Kier molecular flexibility index (Phi) is 5.86. The van der Waals surface area contributed by atoms with Gasteiger partial charge in [0.25, 0.3) is 0 Å². The van der Waals surface area contributed by atoms with Gasteiger partial charge in [0.15, 0.2) is 5.82 Å². The number of fused-ring (bicyclic) bond motifs is 1. The first-order valence-electron chi connectivity index (χ1n) is 11.0. The maximum atomic E-state index is 13.6. The summed E-state index contributed by atoms with van der Waals surface area (Å²) >= 11 is 0. The summed E-state index contributed by atoms with van der Waals surface area (Å²) in [5, 5.41) is 6.31. The molecular formula is C22H25FN8O2. The van der Waals surface area contributed by atoms with Crippen LogP contribution in [-0.4, -0.2) is 76.3 Å². The molecule has 0 aliphatic carbocycles. The molecule has 2 aliphatic rings. The number of hydrogen-bond donors (Lipinski definition) is 2. The van der Waals surface area contributed by atoms with Crippen molar-refractivity contribution in [3.8, 4) is 0 Å². The van der Waals surface area contributed by atoms with Crippen molar-refractivity contribution in [2.24, 2.45) is 0 Å². The smallest absolute Gasteiger partial charge is 0.317 e. The molecule has 33 heavy (non-hydrogen) atoms. The van der Waals surface area contributed by atoms with E-state index >= 15 is 0 Å². The van der Waals surface area contributed by atoms with Gasteiger partial charge in [-0.15, -0.1) is 0 Å². The fourth-order valence-corrected chi connectivity index (χ4v) is 4.04. The Morgan fingerprint density at radius 1 is 1.18 bits per heavy atom. The lowest BCUT2D eigenvalue weighted by atomic mass is 10.2. The molecule has 2 N–H and O–H groups in total. The van der Waals surface area contributed by atoms with E-state index in [4.69, 9.17) is 9.72 Å². The quantitative estimate of drug-likeness (QED) is 0.621. The fourth-order valence-electron chi connectivity index (χ4n) is 4.04. The van der Waals surface area contributed by atoms with Crippen molar-refractivity contribution in [2.45, 2.75) is 19.4 Å². The molecule has 5 rings (SSSR count). The molecule has 11 heteroatoms. The highest BCUT2D eigenvalue weighted by Gasteiger charge is 2.28. The Morgan fingerprint density at radius 2 is 2.03 bits per heavy atom. The zero-order valence-electron chi connectivity index (χ0n) is 18.3. The van der Waals surface area contributed by atoms with Gasteiger partial charge in [-0.2, -0.15) is 0 Å². The zero-order chi connectivity index (χ0) is 22.8. The Morgan fingerprint density at radius 3 is 2.85 bits per heavy atom. The van der Waals surface area contributed by atoms with Gasteiger partial charge >= 0.3 is 6.03 Å². The number of aromatic nitrogens is 4. The number of ether oxygens (including phenoxy) is 1. The molecule has 0 radical (unpaired) electrons. The van der Waals surface area contributed by atoms with Gasteiger partial charge in [0.2, 0.25) is 5.95 Å². The average molecular weight is 452 g/mol. The molecule has 2 fully saturated rings. The van der Waals surface area contributed by atoms with Crippen LogP contribution in [0.25, 0.3) is 11.0 Å². The van der Waals surface area contributed by atoms with E-state index in [2.05, 4.69) is 25.6 Å². The van der Waals surface area contributed by atoms with Crippen molar-refractivity contribution >= 4 is 34.5 Å². The molecule has 4 heterocycles. The predicted molar refractivity (Wildman–Crippen MR) is 121 cm³/mol. The number of hydrogen-bond acceptors (Lipinski definition) is 8. The van der Waals surface area contributed by atoms with Crippen LogP contribution < -0.4 is 15.5 Å². The van der Waals surface area contributed by atoms with Gasteiger partial charge in [0.05, 0.1) is 19.4 Å². The van der Waals surface area contributed by atoms with Crippen LogP contribution in [0.2, 0.25) is 0 Å². The molecule has 2 aromatic heterocycles.